The van der Waals surface area contributed by atoms with Gasteiger partial charge in [-0.1, -0.05) is 205 Å². The third-order valence-corrected chi connectivity index (χ3v) is 11.4. The Bertz CT molecular complexity index is 1650. The molecule has 0 saturated heterocycles. The lowest BCUT2D eigenvalue weighted by atomic mass is 10.1. The fourth-order valence-electron chi connectivity index (χ4n) is 7.09. The lowest BCUT2D eigenvalue weighted by molar-refractivity contribution is -0.870. The Labute approximate surface area is 446 Å². The molecule has 9 nitrogen and oxygen atoms in total. The van der Waals surface area contributed by atoms with Crippen LogP contribution in [0.5, 0.6) is 0 Å². The zero-order valence-corrected chi connectivity index (χ0v) is 46.7. The number of quaternary nitrogens is 1. The molecule has 0 aliphatic carbocycles. The topological polar surface area (TPSA) is 111 Å². The lowest BCUT2D eigenvalue weighted by Crippen LogP contribution is -2.44. The second-order valence-corrected chi connectivity index (χ2v) is 19.5. The van der Waals surface area contributed by atoms with Gasteiger partial charge in [-0.25, -0.2) is 0 Å². The third kappa shape index (κ3) is 55.0. The second kappa shape index (κ2) is 53.7. The Morgan fingerprint density at radius 3 is 1.10 bits per heavy atom. The first kappa shape index (κ1) is 68.4. The van der Waals surface area contributed by atoms with Gasteiger partial charge in [0.1, 0.15) is 13.2 Å². The van der Waals surface area contributed by atoms with E-state index in [1.54, 1.807) is 0 Å². The van der Waals surface area contributed by atoms with Crippen molar-refractivity contribution in [1.82, 2.24) is 0 Å². The van der Waals surface area contributed by atoms with Crippen LogP contribution < -0.4 is 5.11 Å². The van der Waals surface area contributed by atoms with Crippen molar-refractivity contribution in [1.29, 1.82) is 0 Å². The summed E-state index contributed by atoms with van der Waals surface area (Å²) in [4.78, 5) is 37.3. The number of unbranched alkanes of at least 4 members (excludes halogenated alkanes) is 13. The van der Waals surface area contributed by atoms with Crippen molar-refractivity contribution in [3.8, 4) is 0 Å². The third-order valence-electron chi connectivity index (χ3n) is 11.4. The summed E-state index contributed by atoms with van der Waals surface area (Å²) >= 11 is 0. The number of hydrogen-bond donors (Lipinski definition) is 0. The van der Waals surface area contributed by atoms with Crippen molar-refractivity contribution >= 4 is 17.9 Å². The van der Waals surface area contributed by atoms with Crippen molar-refractivity contribution in [3.05, 3.63) is 134 Å². The molecule has 0 aliphatic rings. The highest BCUT2D eigenvalue weighted by Gasteiger charge is 2.22. The van der Waals surface area contributed by atoms with Crippen LogP contribution in [0.15, 0.2) is 134 Å². The standard InChI is InChI=1S/C64H103NO8/c1-6-8-10-12-14-16-18-20-22-24-26-28-30-31-33-35-37-39-41-43-45-47-49-51-53-55-62(67)73-60(59-72-64(63(68)69)70-57-56-65(3,4)5)58-71-61(66)54-52-50-48-46-44-42-40-38-36-34-32-29-27-25-23-21-19-17-15-13-11-9-7-2/h8-11,14-17,20-23,26-29,31,33-34,36-37,39,60,64H,6-7,12-13,18-19,24-25,30,32,35,38,40-59H2,1-5H3/b10-8-,11-9-,16-14-,17-15-,22-20-,23-21-,28-26-,29-27-,33-31-,36-34-,39-37-. The number of carboxylic acid groups (broad SMARTS) is 1. The number of carboxylic acids is 1. The number of aliphatic carboxylic acids is 1. The molecule has 412 valence electrons. The van der Waals surface area contributed by atoms with Crippen LogP contribution >= 0.6 is 0 Å². The van der Waals surface area contributed by atoms with Crippen LogP contribution in [0.1, 0.15) is 194 Å². The normalized spacial score (nSPS) is 13.8. The lowest BCUT2D eigenvalue weighted by Gasteiger charge is -2.26. The first-order valence-electron chi connectivity index (χ1n) is 28.3. The molecular formula is C64H103NO8. The molecule has 9 heteroatoms. The van der Waals surface area contributed by atoms with Crippen molar-refractivity contribution in [2.45, 2.75) is 206 Å². The molecule has 0 bridgehead atoms. The van der Waals surface area contributed by atoms with Gasteiger partial charge in [0.25, 0.3) is 0 Å². The Kier molecular flexibility index (Phi) is 50.4. The number of esters is 2. The van der Waals surface area contributed by atoms with E-state index in [0.717, 1.165) is 141 Å². The van der Waals surface area contributed by atoms with Gasteiger partial charge in [-0.05, 0) is 109 Å². The summed E-state index contributed by atoms with van der Waals surface area (Å²) < 4.78 is 22.7. The number of likely N-dealkylation sites (N-methyl/N-ethyl adjacent to an activating group) is 1. The van der Waals surface area contributed by atoms with Gasteiger partial charge in [0.15, 0.2) is 12.4 Å². The van der Waals surface area contributed by atoms with Crippen LogP contribution in [0.2, 0.25) is 0 Å². The molecule has 0 spiro atoms. The van der Waals surface area contributed by atoms with Crippen LogP contribution in [0.3, 0.4) is 0 Å². The molecule has 0 aliphatic heterocycles. The van der Waals surface area contributed by atoms with Crippen molar-refractivity contribution in [3.63, 3.8) is 0 Å². The summed E-state index contributed by atoms with van der Waals surface area (Å²) in [5, 5.41) is 11.8. The van der Waals surface area contributed by atoms with Crippen LogP contribution in [0.25, 0.3) is 0 Å². The molecule has 0 aromatic heterocycles. The monoisotopic (exact) mass is 1010 g/mol. The molecule has 73 heavy (non-hydrogen) atoms. The zero-order chi connectivity index (χ0) is 53.4. The molecule has 0 saturated carbocycles. The van der Waals surface area contributed by atoms with Crippen LogP contribution in [-0.4, -0.2) is 82.3 Å². The summed E-state index contributed by atoms with van der Waals surface area (Å²) in [5.41, 5.74) is 0. The largest absolute Gasteiger partial charge is 0.545 e. The van der Waals surface area contributed by atoms with E-state index in [-0.39, 0.29) is 38.6 Å². The zero-order valence-electron chi connectivity index (χ0n) is 46.7. The second-order valence-electron chi connectivity index (χ2n) is 19.5. The van der Waals surface area contributed by atoms with E-state index in [2.05, 4.69) is 148 Å². The van der Waals surface area contributed by atoms with Gasteiger partial charge in [0.05, 0.1) is 40.3 Å². The highest BCUT2D eigenvalue weighted by atomic mass is 16.7. The van der Waals surface area contributed by atoms with Gasteiger partial charge in [-0.3, -0.25) is 9.59 Å². The minimum atomic E-state index is -1.64. The first-order chi connectivity index (χ1) is 35.6. The van der Waals surface area contributed by atoms with E-state index in [9.17, 15) is 19.5 Å². The van der Waals surface area contributed by atoms with E-state index < -0.39 is 24.3 Å². The number of ether oxygens (including phenoxy) is 4. The van der Waals surface area contributed by atoms with E-state index >= 15 is 0 Å². The predicted molar refractivity (Wildman–Crippen MR) is 306 cm³/mol. The van der Waals surface area contributed by atoms with Crippen molar-refractivity contribution in [2.24, 2.45) is 0 Å². The summed E-state index contributed by atoms with van der Waals surface area (Å²) in [6.07, 6.45) is 73.4. The van der Waals surface area contributed by atoms with E-state index in [0.29, 0.717) is 17.4 Å². The number of hydrogen-bond acceptors (Lipinski definition) is 8. The van der Waals surface area contributed by atoms with E-state index in [1.807, 2.05) is 21.1 Å². The van der Waals surface area contributed by atoms with Gasteiger partial charge in [-0.2, -0.15) is 0 Å². The number of allylic oxidation sites excluding steroid dienone is 22. The summed E-state index contributed by atoms with van der Waals surface area (Å²) in [5.74, 6) is -2.34. The molecule has 2 unspecified atom stereocenters. The fraction of sp³-hybridized carbons (Fsp3) is 0.609. The van der Waals surface area contributed by atoms with Crippen molar-refractivity contribution in [2.75, 3.05) is 47.5 Å². The molecule has 0 heterocycles. The molecular weight excluding hydrogens is 911 g/mol. The maximum atomic E-state index is 12.9. The van der Waals surface area contributed by atoms with Crippen LogP contribution in [0.4, 0.5) is 0 Å². The van der Waals surface area contributed by atoms with Crippen molar-refractivity contribution < 1.29 is 42.9 Å². The number of rotatable bonds is 50. The van der Waals surface area contributed by atoms with E-state index in [4.69, 9.17) is 18.9 Å². The van der Waals surface area contributed by atoms with Gasteiger partial charge >= 0.3 is 11.9 Å². The highest BCUT2D eigenvalue weighted by Crippen LogP contribution is 2.13. The molecule has 0 radical (unpaired) electrons. The average molecular weight is 1010 g/mol. The number of carbonyl (C=O) groups is 3. The quantitative estimate of drug-likeness (QED) is 0.0195. The van der Waals surface area contributed by atoms with E-state index in [1.165, 1.54) is 19.3 Å². The Morgan fingerprint density at radius 2 is 0.740 bits per heavy atom. The summed E-state index contributed by atoms with van der Waals surface area (Å²) in [6, 6.07) is 0. The van der Waals surface area contributed by atoms with Gasteiger partial charge < -0.3 is 33.3 Å². The SMILES string of the molecule is CC/C=C\C/C=C\C/C=C\C/C=C\C/C=C\C/C=C\CCCCCCCCC(=O)OC(COC(=O)CCCCCCCCC/C=C\C/C=C\C/C=C\C/C=C\C/C=C\CC)COC(OCC[N+](C)(C)C)C(=O)[O-]. The maximum absolute atomic E-state index is 12.9. The minimum absolute atomic E-state index is 0.134. The predicted octanol–water partition coefficient (Wildman–Crippen LogP) is 15.3. The molecule has 0 N–H and O–H groups in total. The summed E-state index contributed by atoms with van der Waals surface area (Å²) in [6.45, 7) is 4.46. The average Bonchev–Trinajstić information content (AvgIpc) is 3.36. The molecule has 0 amide bonds. The van der Waals surface area contributed by atoms with Gasteiger partial charge in [0, 0.05) is 12.8 Å². The minimum Gasteiger partial charge on any atom is -0.545 e. The molecule has 2 atom stereocenters. The Balaban J connectivity index is 4.37. The first-order valence-corrected chi connectivity index (χ1v) is 28.3. The van der Waals surface area contributed by atoms with Crippen LogP contribution in [0, 0.1) is 0 Å². The Hall–Kier alpha value is -4.57. The van der Waals surface area contributed by atoms with Gasteiger partial charge in [-0.15, -0.1) is 0 Å². The molecule has 0 fully saturated rings. The molecule has 0 aromatic carbocycles. The van der Waals surface area contributed by atoms with Crippen LogP contribution in [-0.2, 0) is 33.3 Å². The highest BCUT2D eigenvalue weighted by molar-refractivity contribution is 5.70. The Morgan fingerprint density at radius 1 is 0.411 bits per heavy atom. The smallest absolute Gasteiger partial charge is 0.306 e. The number of nitrogens with zero attached hydrogens (tertiary/aromatic N) is 1. The fourth-order valence-corrected chi connectivity index (χ4v) is 7.09. The van der Waals surface area contributed by atoms with Gasteiger partial charge in [0.2, 0.25) is 0 Å². The summed E-state index contributed by atoms with van der Waals surface area (Å²) in [7, 11) is 5.90. The maximum Gasteiger partial charge on any atom is 0.306 e. The molecule has 0 aromatic rings. The molecule has 0 rings (SSSR count). The number of carbonyl (C=O) groups excluding carboxylic acids is 3.